The van der Waals surface area contributed by atoms with Crippen LogP contribution >= 0.6 is 11.6 Å². The summed E-state index contributed by atoms with van der Waals surface area (Å²) in [6, 6.07) is 12.5. The molecule has 2 aromatic carbocycles. The molecule has 164 valence electrons. The minimum absolute atomic E-state index is 0.0847. The number of alkyl halides is 2. The van der Waals surface area contributed by atoms with Crippen LogP contribution in [0.2, 0.25) is 5.15 Å². The van der Waals surface area contributed by atoms with Gasteiger partial charge in [-0.2, -0.15) is 13.9 Å². The molecule has 0 spiro atoms. The van der Waals surface area contributed by atoms with Crippen molar-refractivity contribution in [2.75, 3.05) is 7.11 Å². The average Bonchev–Trinajstić information content (AvgIpc) is 3.00. The lowest BCUT2D eigenvalue weighted by atomic mass is 10.1. The Kier molecular flexibility index (Phi) is 7.12. The number of hydrogen-bond donors (Lipinski definition) is 1. The number of methoxy groups -OCH3 is 1. The first kappa shape index (κ1) is 22.6. The Hall–Kier alpha value is -3.13. The molecule has 0 atom stereocenters. The van der Waals surface area contributed by atoms with Crippen LogP contribution in [-0.2, 0) is 13.1 Å². The third-order valence-electron chi connectivity index (χ3n) is 4.64. The monoisotopic (exact) mass is 449 g/mol. The number of nitrogens with one attached hydrogen (secondary N) is 1. The summed E-state index contributed by atoms with van der Waals surface area (Å²) in [6.45, 7) is 1.23. The highest BCUT2D eigenvalue weighted by Gasteiger charge is 2.20. The second-order valence-electron chi connectivity index (χ2n) is 6.94. The highest BCUT2D eigenvalue weighted by Crippen LogP contribution is 2.29. The maximum Gasteiger partial charge on any atom is 0.387 e. The van der Waals surface area contributed by atoms with Crippen LogP contribution < -0.4 is 14.8 Å². The van der Waals surface area contributed by atoms with Crippen molar-refractivity contribution in [1.29, 1.82) is 0 Å². The predicted octanol–water partition coefficient (Wildman–Crippen LogP) is 4.74. The molecule has 0 bridgehead atoms. The quantitative estimate of drug-likeness (QED) is 0.539. The minimum atomic E-state index is -2.99. The van der Waals surface area contributed by atoms with E-state index in [9.17, 15) is 13.6 Å². The summed E-state index contributed by atoms with van der Waals surface area (Å²) in [5.74, 6) is -0.346. The van der Waals surface area contributed by atoms with Crippen LogP contribution in [0.3, 0.4) is 0 Å². The molecule has 0 aliphatic carbocycles. The second-order valence-corrected chi connectivity index (χ2v) is 7.30. The van der Waals surface area contributed by atoms with Crippen molar-refractivity contribution in [3.63, 3.8) is 0 Å². The maximum absolute atomic E-state index is 12.7. The summed E-state index contributed by atoms with van der Waals surface area (Å²) < 4.78 is 36.2. The molecule has 0 aliphatic heterocycles. The zero-order valence-electron chi connectivity index (χ0n) is 17.3. The molecule has 1 aromatic heterocycles. The van der Waals surface area contributed by atoms with Gasteiger partial charge in [-0.05, 0) is 37.1 Å². The first-order valence-corrected chi connectivity index (χ1v) is 9.84. The minimum Gasteiger partial charge on any atom is -0.493 e. The summed E-state index contributed by atoms with van der Waals surface area (Å²) in [5.41, 5.74) is 3.47. The molecule has 0 radical (unpaired) electrons. The zero-order chi connectivity index (χ0) is 22.5. The Balaban J connectivity index is 1.72. The van der Waals surface area contributed by atoms with E-state index in [0.717, 1.165) is 11.1 Å². The number of aryl methyl sites for hydroxylation is 2. The van der Waals surface area contributed by atoms with Gasteiger partial charge in [0.15, 0.2) is 11.5 Å². The molecule has 0 saturated heterocycles. The Morgan fingerprint density at radius 3 is 2.45 bits per heavy atom. The second kappa shape index (κ2) is 9.78. The number of halogens is 3. The van der Waals surface area contributed by atoms with Crippen LogP contribution in [0.25, 0.3) is 0 Å². The topological polar surface area (TPSA) is 65.4 Å². The molecule has 3 rings (SSSR count). The first-order valence-electron chi connectivity index (χ1n) is 9.47. The molecule has 0 saturated carbocycles. The number of ether oxygens (including phenoxy) is 2. The molecule has 3 aromatic rings. The molecule has 31 heavy (non-hydrogen) atoms. The van der Waals surface area contributed by atoms with Crippen molar-refractivity contribution in [2.24, 2.45) is 0 Å². The Labute approximate surface area is 183 Å². The first-order chi connectivity index (χ1) is 14.8. The summed E-state index contributed by atoms with van der Waals surface area (Å²) in [7, 11) is 1.36. The van der Waals surface area contributed by atoms with Gasteiger partial charge in [0.25, 0.3) is 5.91 Å². The SMILES string of the molecule is COc1ccc(CNC(=O)c2c(C)nn(Cc3ccc(C)cc3)c2Cl)cc1OC(F)F. The van der Waals surface area contributed by atoms with Crippen LogP contribution in [0, 0.1) is 13.8 Å². The van der Waals surface area contributed by atoms with Crippen molar-refractivity contribution in [2.45, 2.75) is 33.5 Å². The lowest BCUT2D eigenvalue weighted by Gasteiger charge is -2.12. The standard InChI is InChI=1S/C22H22ClF2N3O3/c1-13-4-6-15(7-5-13)12-28-20(23)19(14(2)27-28)21(29)26-11-16-8-9-17(30-3)18(10-16)31-22(24)25/h4-10,22H,11-12H2,1-3H3,(H,26,29). The van der Waals surface area contributed by atoms with Crippen LogP contribution in [0.15, 0.2) is 42.5 Å². The van der Waals surface area contributed by atoms with Crippen molar-refractivity contribution in [1.82, 2.24) is 15.1 Å². The molecular weight excluding hydrogens is 428 g/mol. The van der Waals surface area contributed by atoms with E-state index < -0.39 is 12.5 Å². The van der Waals surface area contributed by atoms with E-state index in [-0.39, 0.29) is 28.8 Å². The van der Waals surface area contributed by atoms with Crippen LogP contribution in [0.4, 0.5) is 8.78 Å². The van der Waals surface area contributed by atoms with E-state index in [1.807, 2.05) is 31.2 Å². The molecule has 6 nitrogen and oxygen atoms in total. The van der Waals surface area contributed by atoms with Gasteiger partial charge in [0.1, 0.15) is 5.15 Å². The number of carbonyl (C=O) groups excluding carboxylic acids is 1. The van der Waals surface area contributed by atoms with Crippen LogP contribution in [0.1, 0.15) is 32.7 Å². The highest BCUT2D eigenvalue weighted by atomic mass is 35.5. The van der Waals surface area contributed by atoms with Gasteiger partial charge in [0.2, 0.25) is 0 Å². The van der Waals surface area contributed by atoms with E-state index >= 15 is 0 Å². The van der Waals surface area contributed by atoms with Crippen molar-refractivity contribution < 1.29 is 23.0 Å². The molecule has 0 fully saturated rings. The number of carbonyl (C=O) groups is 1. The Bertz CT molecular complexity index is 1070. The van der Waals surface area contributed by atoms with Crippen LogP contribution in [0.5, 0.6) is 11.5 Å². The number of nitrogens with zero attached hydrogens (tertiary/aromatic N) is 2. The molecule has 0 aliphatic rings. The molecule has 9 heteroatoms. The van der Waals surface area contributed by atoms with Gasteiger partial charge in [0, 0.05) is 6.54 Å². The fraction of sp³-hybridized carbons (Fsp3) is 0.273. The van der Waals surface area contributed by atoms with Crippen molar-refractivity contribution >= 4 is 17.5 Å². The highest BCUT2D eigenvalue weighted by molar-refractivity contribution is 6.33. The summed E-state index contributed by atoms with van der Waals surface area (Å²) in [6.07, 6.45) is 0. The van der Waals surface area contributed by atoms with Gasteiger partial charge in [-0.3, -0.25) is 4.79 Å². The Morgan fingerprint density at radius 1 is 1.13 bits per heavy atom. The third kappa shape index (κ3) is 5.52. The summed E-state index contributed by atoms with van der Waals surface area (Å²) >= 11 is 6.43. The van der Waals surface area contributed by atoms with Crippen LogP contribution in [-0.4, -0.2) is 29.4 Å². The maximum atomic E-state index is 12.7. The van der Waals surface area contributed by atoms with Gasteiger partial charge in [-0.25, -0.2) is 4.68 Å². The van der Waals surface area contributed by atoms with E-state index in [1.54, 1.807) is 17.7 Å². The summed E-state index contributed by atoms with van der Waals surface area (Å²) in [4.78, 5) is 12.7. The molecular formula is C22H22ClF2N3O3. The lowest BCUT2D eigenvalue weighted by Crippen LogP contribution is -2.23. The van der Waals surface area contributed by atoms with E-state index in [1.165, 1.54) is 19.2 Å². The molecule has 1 heterocycles. The van der Waals surface area contributed by atoms with Crippen molar-refractivity contribution in [3.8, 4) is 11.5 Å². The number of benzene rings is 2. The van der Waals surface area contributed by atoms with Crippen molar-refractivity contribution in [3.05, 3.63) is 75.6 Å². The molecule has 1 amide bonds. The van der Waals surface area contributed by atoms with Gasteiger partial charge in [-0.1, -0.05) is 47.5 Å². The van der Waals surface area contributed by atoms with Gasteiger partial charge < -0.3 is 14.8 Å². The number of rotatable bonds is 8. The third-order valence-corrected chi connectivity index (χ3v) is 5.03. The normalized spacial score (nSPS) is 10.9. The number of hydrogen-bond acceptors (Lipinski definition) is 4. The number of amides is 1. The number of aromatic nitrogens is 2. The fourth-order valence-electron chi connectivity index (χ4n) is 3.07. The molecule has 1 N–H and O–H groups in total. The van der Waals surface area contributed by atoms with E-state index in [2.05, 4.69) is 15.2 Å². The van der Waals surface area contributed by atoms with Gasteiger partial charge >= 0.3 is 6.61 Å². The smallest absolute Gasteiger partial charge is 0.387 e. The van der Waals surface area contributed by atoms with E-state index in [0.29, 0.717) is 17.8 Å². The summed E-state index contributed by atoms with van der Waals surface area (Å²) in [5, 5.41) is 7.35. The molecule has 0 unspecified atom stereocenters. The van der Waals surface area contributed by atoms with Gasteiger partial charge in [-0.15, -0.1) is 0 Å². The largest absolute Gasteiger partial charge is 0.493 e. The fourth-order valence-corrected chi connectivity index (χ4v) is 3.39. The predicted molar refractivity (Wildman–Crippen MR) is 113 cm³/mol. The average molecular weight is 450 g/mol. The Morgan fingerprint density at radius 2 is 1.81 bits per heavy atom. The lowest BCUT2D eigenvalue weighted by molar-refractivity contribution is -0.0512. The zero-order valence-corrected chi connectivity index (χ0v) is 18.0. The van der Waals surface area contributed by atoms with Gasteiger partial charge in [0.05, 0.1) is 24.9 Å². The van der Waals surface area contributed by atoms with E-state index in [4.69, 9.17) is 16.3 Å².